The van der Waals surface area contributed by atoms with Crippen molar-refractivity contribution in [3.05, 3.63) is 27.5 Å². The molecule has 0 saturated carbocycles. The van der Waals surface area contributed by atoms with E-state index < -0.39 is 0 Å². The normalized spacial score (nSPS) is 11.0. The molecule has 0 fully saturated rings. The molecule has 0 spiro atoms. The number of hydrogen-bond acceptors (Lipinski definition) is 1. The van der Waals surface area contributed by atoms with Crippen molar-refractivity contribution in [3.63, 3.8) is 0 Å². The first-order chi connectivity index (χ1) is 6.09. The molecule has 0 unspecified atom stereocenters. The third-order valence-corrected chi connectivity index (χ3v) is 2.85. The monoisotopic (exact) mass is 192 g/mol. The molecule has 2 rings (SSSR count). The van der Waals surface area contributed by atoms with Crippen LogP contribution < -0.4 is 0 Å². The number of rotatable bonds is 0. The molecule has 2 nitrogen and oxygen atoms in total. The molecular weight excluding hydrogens is 180 g/mol. The van der Waals surface area contributed by atoms with E-state index in [2.05, 4.69) is 36.8 Å². The van der Waals surface area contributed by atoms with E-state index in [1.54, 1.807) is 0 Å². The van der Waals surface area contributed by atoms with Gasteiger partial charge >= 0.3 is 0 Å². The Morgan fingerprint density at radius 3 is 2.46 bits per heavy atom. The summed E-state index contributed by atoms with van der Waals surface area (Å²) in [6.07, 6.45) is 0. The van der Waals surface area contributed by atoms with E-state index in [1.807, 2.05) is 0 Å². The lowest BCUT2D eigenvalue weighted by Crippen LogP contribution is -1.87. The van der Waals surface area contributed by atoms with Gasteiger partial charge in [-0.15, -0.1) is 0 Å². The number of imidazole rings is 1. The van der Waals surface area contributed by atoms with Gasteiger partial charge < -0.3 is 9.97 Å². The van der Waals surface area contributed by atoms with Crippen molar-refractivity contribution in [2.75, 3.05) is 0 Å². The summed E-state index contributed by atoms with van der Waals surface area (Å²) in [4.78, 5) is 6.28. The SMILES string of the molecule is Cc1cc2[nH]c(=S)[nH]c2c(C)c1C. The van der Waals surface area contributed by atoms with Gasteiger partial charge in [-0.05, 0) is 55.7 Å². The van der Waals surface area contributed by atoms with E-state index in [1.165, 1.54) is 16.7 Å². The number of nitrogens with one attached hydrogen (secondary N) is 2. The third kappa shape index (κ3) is 1.20. The van der Waals surface area contributed by atoms with Gasteiger partial charge in [-0.2, -0.15) is 0 Å². The molecule has 0 amide bonds. The maximum absolute atomic E-state index is 5.05. The fraction of sp³-hybridized carbons (Fsp3) is 0.300. The highest BCUT2D eigenvalue weighted by Crippen LogP contribution is 2.21. The van der Waals surface area contributed by atoms with Gasteiger partial charge in [-0.25, -0.2) is 0 Å². The van der Waals surface area contributed by atoms with Crippen LogP contribution in [0.5, 0.6) is 0 Å². The van der Waals surface area contributed by atoms with Crippen molar-refractivity contribution in [1.82, 2.24) is 9.97 Å². The maximum atomic E-state index is 5.05. The Labute approximate surface area is 82.0 Å². The quantitative estimate of drug-likeness (QED) is 0.617. The van der Waals surface area contributed by atoms with Crippen LogP contribution in [-0.2, 0) is 0 Å². The van der Waals surface area contributed by atoms with E-state index >= 15 is 0 Å². The summed E-state index contributed by atoms with van der Waals surface area (Å²) in [5.41, 5.74) is 6.15. The van der Waals surface area contributed by atoms with Gasteiger partial charge in [0.2, 0.25) is 0 Å². The number of aryl methyl sites for hydroxylation is 2. The summed E-state index contributed by atoms with van der Waals surface area (Å²) in [5.74, 6) is 0. The fourth-order valence-corrected chi connectivity index (χ4v) is 1.82. The summed E-state index contributed by atoms with van der Waals surface area (Å²) in [5, 5.41) is 0. The van der Waals surface area contributed by atoms with Gasteiger partial charge in [0.25, 0.3) is 0 Å². The van der Waals surface area contributed by atoms with E-state index in [9.17, 15) is 0 Å². The smallest absolute Gasteiger partial charge is 0.175 e. The van der Waals surface area contributed by atoms with Crippen molar-refractivity contribution < 1.29 is 0 Å². The summed E-state index contributed by atoms with van der Waals surface area (Å²) in [7, 11) is 0. The van der Waals surface area contributed by atoms with Crippen molar-refractivity contribution >= 4 is 23.3 Å². The second-order valence-corrected chi connectivity index (χ2v) is 3.85. The zero-order valence-electron chi connectivity index (χ0n) is 7.99. The molecule has 0 aliphatic carbocycles. The molecule has 2 N–H and O–H groups in total. The Hall–Kier alpha value is -1.09. The number of benzene rings is 1. The standard InChI is InChI=1S/C10H12N2S/c1-5-4-8-9(7(3)6(5)2)12-10(13)11-8/h4H,1-3H3,(H2,11,12,13). The molecule has 68 valence electrons. The maximum Gasteiger partial charge on any atom is 0.175 e. The first-order valence-corrected chi connectivity index (χ1v) is 4.69. The minimum atomic E-state index is 0.697. The Bertz CT molecular complexity index is 519. The predicted molar refractivity (Wildman–Crippen MR) is 57.7 cm³/mol. The zero-order valence-corrected chi connectivity index (χ0v) is 8.80. The van der Waals surface area contributed by atoms with Gasteiger partial charge in [0.05, 0.1) is 11.0 Å². The summed E-state index contributed by atoms with van der Waals surface area (Å²) in [6.45, 7) is 6.36. The molecule has 2 aromatic rings. The topological polar surface area (TPSA) is 31.6 Å². The van der Waals surface area contributed by atoms with E-state index in [4.69, 9.17) is 12.2 Å². The number of aromatic nitrogens is 2. The molecule has 3 heteroatoms. The van der Waals surface area contributed by atoms with Crippen molar-refractivity contribution in [3.8, 4) is 0 Å². The van der Waals surface area contributed by atoms with Crippen molar-refractivity contribution in [1.29, 1.82) is 0 Å². The molecule has 1 aromatic heterocycles. The molecule has 0 aliphatic heterocycles. The Kier molecular flexibility index (Phi) is 1.77. The highest BCUT2D eigenvalue weighted by Gasteiger charge is 2.04. The van der Waals surface area contributed by atoms with Crippen LogP contribution in [0.1, 0.15) is 16.7 Å². The minimum absolute atomic E-state index is 0.697. The fourth-order valence-electron chi connectivity index (χ4n) is 1.61. The molecule has 1 heterocycles. The van der Waals surface area contributed by atoms with Gasteiger partial charge in [0, 0.05) is 0 Å². The zero-order chi connectivity index (χ0) is 9.59. The lowest BCUT2D eigenvalue weighted by atomic mass is 10.0. The van der Waals surface area contributed by atoms with E-state index in [0.717, 1.165) is 11.0 Å². The van der Waals surface area contributed by atoms with Crippen LogP contribution in [0.3, 0.4) is 0 Å². The number of hydrogen-bond donors (Lipinski definition) is 2. The van der Waals surface area contributed by atoms with Crippen LogP contribution in [0.2, 0.25) is 0 Å². The minimum Gasteiger partial charge on any atom is -0.331 e. The summed E-state index contributed by atoms with van der Waals surface area (Å²) in [6, 6.07) is 2.13. The predicted octanol–water partition coefficient (Wildman–Crippen LogP) is 3.15. The van der Waals surface area contributed by atoms with Crippen molar-refractivity contribution in [2.24, 2.45) is 0 Å². The van der Waals surface area contributed by atoms with Crippen LogP contribution in [0.15, 0.2) is 6.07 Å². The molecule has 13 heavy (non-hydrogen) atoms. The Morgan fingerprint density at radius 2 is 1.77 bits per heavy atom. The number of aromatic amines is 2. The summed E-state index contributed by atoms with van der Waals surface area (Å²) < 4.78 is 0.697. The molecule has 0 radical (unpaired) electrons. The van der Waals surface area contributed by atoms with Gasteiger partial charge in [-0.3, -0.25) is 0 Å². The molecule has 0 aliphatic rings. The van der Waals surface area contributed by atoms with Crippen LogP contribution in [0.4, 0.5) is 0 Å². The highest BCUT2D eigenvalue weighted by atomic mass is 32.1. The Morgan fingerprint density at radius 1 is 1.08 bits per heavy atom. The molecule has 0 bridgehead atoms. The molecule has 0 saturated heterocycles. The van der Waals surface area contributed by atoms with Crippen molar-refractivity contribution in [2.45, 2.75) is 20.8 Å². The lowest BCUT2D eigenvalue weighted by molar-refractivity contribution is 1.27. The van der Waals surface area contributed by atoms with Crippen LogP contribution >= 0.6 is 12.2 Å². The second kappa shape index (κ2) is 2.70. The first kappa shape index (κ1) is 8.51. The van der Waals surface area contributed by atoms with Gasteiger partial charge in [0.1, 0.15) is 0 Å². The van der Waals surface area contributed by atoms with Crippen LogP contribution in [-0.4, -0.2) is 9.97 Å². The van der Waals surface area contributed by atoms with Gasteiger partial charge in [0.15, 0.2) is 4.77 Å². The largest absolute Gasteiger partial charge is 0.331 e. The summed E-state index contributed by atoms with van der Waals surface area (Å²) >= 11 is 5.05. The molecule has 0 atom stereocenters. The van der Waals surface area contributed by atoms with E-state index in [0.29, 0.717) is 4.77 Å². The Balaban J connectivity index is 3.00. The lowest BCUT2D eigenvalue weighted by Gasteiger charge is -2.04. The van der Waals surface area contributed by atoms with E-state index in [-0.39, 0.29) is 0 Å². The molecular formula is C10H12N2S. The van der Waals surface area contributed by atoms with Crippen LogP contribution in [0, 0.1) is 25.5 Å². The average Bonchev–Trinajstić information content (AvgIpc) is 2.42. The van der Waals surface area contributed by atoms with Gasteiger partial charge in [-0.1, -0.05) is 0 Å². The molecule has 1 aromatic carbocycles. The number of fused-ring (bicyclic) bond motifs is 1. The average molecular weight is 192 g/mol. The third-order valence-electron chi connectivity index (χ3n) is 2.65. The van der Waals surface area contributed by atoms with Crippen LogP contribution in [0.25, 0.3) is 11.0 Å². The number of H-pyrrole nitrogens is 2. The first-order valence-electron chi connectivity index (χ1n) is 4.28. The highest BCUT2D eigenvalue weighted by molar-refractivity contribution is 7.71. The second-order valence-electron chi connectivity index (χ2n) is 3.45.